The van der Waals surface area contributed by atoms with Crippen molar-refractivity contribution in [3.8, 4) is 5.75 Å². The zero-order valence-corrected chi connectivity index (χ0v) is 9.68. The van der Waals surface area contributed by atoms with Gasteiger partial charge in [0.25, 0.3) is 5.91 Å². The maximum absolute atomic E-state index is 11.9. The number of aromatic hydroxyl groups is 1. The quantitative estimate of drug-likeness (QED) is 0.800. The average Bonchev–Trinajstić information content (AvgIpc) is 2.28. The number of rotatable bonds is 4. The van der Waals surface area contributed by atoms with Crippen LogP contribution in [-0.2, 0) is 0 Å². The molecule has 0 aliphatic rings. The van der Waals surface area contributed by atoms with Crippen LogP contribution in [0.25, 0.3) is 0 Å². The predicted molar refractivity (Wildman–Crippen MR) is 63.3 cm³/mol. The Hall–Kier alpha value is -1.55. The Labute approximate surface area is 95.7 Å². The van der Waals surface area contributed by atoms with Crippen LogP contribution in [0.5, 0.6) is 5.75 Å². The number of carbonyl (C=O) groups excluding carboxylic acids is 1. The average molecular weight is 222 g/mol. The lowest BCUT2D eigenvalue weighted by molar-refractivity contribution is 0.0774. The van der Waals surface area contributed by atoms with Gasteiger partial charge in [-0.25, -0.2) is 0 Å². The van der Waals surface area contributed by atoms with Crippen LogP contribution in [0.15, 0.2) is 24.3 Å². The number of hydrogen-bond acceptors (Lipinski definition) is 3. The second-order valence-corrected chi connectivity index (χ2v) is 4.04. The van der Waals surface area contributed by atoms with E-state index in [-0.39, 0.29) is 17.6 Å². The summed E-state index contributed by atoms with van der Waals surface area (Å²) in [7, 11) is 1.71. The van der Waals surface area contributed by atoms with Gasteiger partial charge in [-0.15, -0.1) is 0 Å². The molecule has 0 radical (unpaired) electrons. The van der Waals surface area contributed by atoms with E-state index in [9.17, 15) is 9.90 Å². The molecule has 0 saturated carbocycles. The highest BCUT2D eigenvalue weighted by atomic mass is 16.3. The molecule has 4 heteroatoms. The molecule has 1 aromatic carbocycles. The summed E-state index contributed by atoms with van der Waals surface area (Å²) in [6.45, 7) is 3.11. The number of carbonyl (C=O) groups is 1. The molecule has 16 heavy (non-hydrogen) atoms. The van der Waals surface area contributed by atoms with Crippen molar-refractivity contribution in [3.63, 3.8) is 0 Å². The first-order chi connectivity index (χ1) is 7.56. The summed E-state index contributed by atoms with van der Waals surface area (Å²) in [5.41, 5.74) is 5.83. The van der Waals surface area contributed by atoms with Crippen molar-refractivity contribution in [1.82, 2.24) is 4.90 Å². The van der Waals surface area contributed by atoms with Gasteiger partial charge in [-0.2, -0.15) is 0 Å². The van der Waals surface area contributed by atoms with Gasteiger partial charge in [-0.1, -0.05) is 19.1 Å². The third kappa shape index (κ3) is 2.97. The number of phenols is 1. The lowest BCUT2D eigenvalue weighted by Crippen LogP contribution is -2.33. The molecule has 1 rings (SSSR count). The second kappa shape index (κ2) is 5.51. The number of nitrogens with two attached hydrogens (primary N) is 1. The summed E-state index contributed by atoms with van der Waals surface area (Å²) >= 11 is 0. The topological polar surface area (TPSA) is 66.6 Å². The van der Waals surface area contributed by atoms with Gasteiger partial charge in [0.2, 0.25) is 0 Å². The van der Waals surface area contributed by atoms with E-state index in [2.05, 4.69) is 0 Å². The van der Waals surface area contributed by atoms with Crippen molar-refractivity contribution in [1.29, 1.82) is 0 Å². The number of phenolic OH excluding ortho intramolecular Hbond substituents is 1. The minimum atomic E-state index is -0.182. The van der Waals surface area contributed by atoms with Gasteiger partial charge in [0.05, 0.1) is 5.56 Å². The molecule has 4 nitrogen and oxygen atoms in total. The molecule has 0 bridgehead atoms. The van der Waals surface area contributed by atoms with Crippen LogP contribution in [0.1, 0.15) is 17.3 Å². The number of amides is 1. The molecule has 1 atom stereocenters. The Morgan fingerprint density at radius 2 is 2.12 bits per heavy atom. The molecule has 0 aromatic heterocycles. The lowest BCUT2D eigenvalue weighted by Gasteiger charge is -2.21. The molecule has 0 aliphatic heterocycles. The Balaban J connectivity index is 2.75. The largest absolute Gasteiger partial charge is 0.507 e. The van der Waals surface area contributed by atoms with Crippen LogP contribution in [-0.4, -0.2) is 36.1 Å². The highest BCUT2D eigenvalue weighted by molar-refractivity contribution is 5.96. The van der Waals surface area contributed by atoms with Gasteiger partial charge in [0.1, 0.15) is 5.75 Å². The van der Waals surface area contributed by atoms with Crippen LogP contribution >= 0.6 is 0 Å². The highest BCUT2D eigenvalue weighted by Gasteiger charge is 2.16. The molecule has 88 valence electrons. The highest BCUT2D eigenvalue weighted by Crippen LogP contribution is 2.17. The molecule has 0 heterocycles. The summed E-state index contributed by atoms with van der Waals surface area (Å²) in [5, 5.41) is 9.55. The smallest absolute Gasteiger partial charge is 0.257 e. The maximum Gasteiger partial charge on any atom is 0.257 e. The van der Waals surface area contributed by atoms with E-state index in [1.54, 1.807) is 30.1 Å². The van der Waals surface area contributed by atoms with Crippen molar-refractivity contribution in [3.05, 3.63) is 29.8 Å². The Morgan fingerprint density at radius 3 is 2.69 bits per heavy atom. The van der Waals surface area contributed by atoms with Crippen molar-refractivity contribution in [2.24, 2.45) is 11.7 Å². The molecule has 3 N–H and O–H groups in total. The van der Waals surface area contributed by atoms with Crippen LogP contribution < -0.4 is 5.73 Å². The number of nitrogens with zero attached hydrogens (tertiary/aromatic N) is 1. The van der Waals surface area contributed by atoms with E-state index < -0.39 is 0 Å². The second-order valence-electron chi connectivity index (χ2n) is 4.04. The summed E-state index contributed by atoms with van der Waals surface area (Å²) in [6.07, 6.45) is 0. The van der Waals surface area contributed by atoms with Gasteiger partial charge < -0.3 is 15.7 Å². The molecular weight excluding hydrogens is 204 g/mol. The molecular formula is C12H18N2O2. The predicted octanol–water partition coefficient (Wildman–Crippen LogP) is 1.06. The summed E-state index contributed by atoms with van der Waals surface area (Å²) in [4.78, 5) is 13.5. The molecule has 0 spiro atoms. The fraction of sp³-hybridized carbons (Fsp3) is 0.417. The van der Waals surface area contributed by atoms with E-state index in [0.717, 1.165) is 0 Å². The molecule has 1 unspecified atom stereocenters. The summed E-state index contributed by atoms with van der Waals surface area (Å²) in [5.74, 6) is 0.0814. The Morgan fingerprint density at radius 1 is 1.50 bits per heavy atom. The van der Waals surface area contributed by atoms with Crippen molar-refractivity contribution < 1.29 is 9.90 Å². The third-order valence-corrected chi connectivity index (χ3v) is 2.47. The summed E-state index contributed by atoms with van der Waals surface area (Å²) < 4.78 is 0. The van der Waals surface area contributed by atoms with Crippen LogP contribution in [0, 0.1) is 5.92 Å². The first kappa shape index (κ1) is 12.5. The van der Waals surface area contributed by atoms with E-state index >= 15 is 0 Å². The Kier molecular flexibility index (Phi) is 4.31. The molecule has 1 amide bonds. The van der Waals surface area contributed by atoms with Gasteiger partial charge in [0.15, 0.2) is 0 Å². The zero-order valence-electron chi connectivity index (χ0n) is 9.68. The van der Waals surface area contributed by atoms with Crippen molar-refractivity contribution in [2.45, 2.75) is 6.92 Å². The van der Waals surface area contributed by atoms with Gasteiger partial charge in [-0.3, -0.25) is 4.79 Å². The van der Waals surface area contributed by atoms with Crippen LogP contribution in [0.4, 0.5) is 0 Å². The van der Waals surface area contributed by atoms with Crippen LogP contribution in [0.2, 0.25) is 0 Å². The third-order valence-electron chi connectivity index (χ3n) is 2.47. The fourth-order valence-corrected chi connectivity index (χ4v) is 1.49. The molecule has 0 fully saturated rings. The normalized spacial score (nSPS) is 12.2. The van der Waals surface area contributed by atoms with Gasteiger partial charge >= 0.3 is 0 Å². The molecule has 0 saturated heterocycles. The van der Waals surface area contributed by atoms with Crippen molar-refractivity contribution in [2.75, 3.05) is 20.1 Å². The summed E-state index contributed by atoms with van der Waals surface area (Å²) in [6, 6.07) is 6.54. The van der Waals surface area contributed by atoms with Crippen molar-refractivity contribution >= 4 is 5.91 Å². The zero-order chi connectivity index (χ0) is 12.1. The fourth-order valence-electron chi connectivity index (χ4n) is 1.49. The SMILES string of the molecule is CC(CN)CN(C)C(=O)c1ccccc1O. The lowest BCUT2D eigenvalue weighted by atomic mass is 10.1. The standard InChI is InChI=1S/C12H18N2O2/c1-9(7-13)8-14(2)12(16)10-5-3-4-6-11(10)15/h3-6,9,15H,7-8,13H2,1-2H3. The number of para-hydroxylation sites is 1. The van der Waals surface area contributed by atoms with E-state index in [1.807, 2.05) is 6.92 Å². The van der Waals surface area contributed by atoms with Gasteiger partial charge in [-0.05, 0) is 24.6 Å². The van der Waals surface area contributed by atoms with Gasteiger partial charge in [0, 0.05) is 13.6 Å². The minimum absolute atomic E-state index is 0.0137. The van der Waals surface area contributed by atoms with Crippen LogP contribution in [0.3, 0.4) is 0 Å². The number of benzene rings is 1. The minimum Gasteiger partial charge on any atom is -0.507 e. The van der Waals surface area contributed by atoms with E-state index in [4.69, 9.17) is 5.73 Å². The van der Waals surface area contributed by atoms with E-state index in [0.29, 0.717) is 18.7 Å². The first-order valence-corrected chi connectivity index (χ1v) is 5.29. The Bertz CT molecular complexity index is 366. The maximum atomic E-state index is 11.9. The molecule has 1 aromatic rings. The first-order valence-electron chi connectivity index (χ1n) is 5.29. The monoisotopic (exact) mass is 222 g/mol. The van der Waals surface area contributed by atoms with E-state index in [1.165, 1.54) is 6.07 Å². The molecule has 0 aliphatic carbocycles. The number of hydrogen-bond donors (Lipinski definition) is 2.